The molecule has 3 nitrogen and oxygen atoms in total. The van der Waals surface area contributed by atoms with E-state index in [9.17, 15) is 22.1 Å². The maximum Gasteiger partial charge on any atom is 0.419 e. The summed E-state index contributed by atoms with van der Waals surface area (Å²) >= 11 is -1.55. The maximum absolute atomic E-state index is 13.8. The number of anilines is 1. The minimum Gasteiger partial charge on any atom is -0.591 e. The lowest BCUT2D eigenvalue weighted by Crippen LogP contribution is -2.25. The van der Waals surface area contributed by atoms with Crippen LogP contribution in [0.25, 0.3) is 0 Å². The molecule has 1 aromatic carbocycles. The van der Waals surface area contributed by atoms with Crippen LogP contribution in [0.3, 0.4) is 0 Å². The highest BCUT2D eigenvalue weighted by molar-refractivity contribution is 7.91. The molecule has 118 valence electrons. The molecule has 8 heteroatoms. The normalized spacial score (nSPS) is 14.7. The van der Waals surface area contributed by atoms with Gasteiger partial charge < -0.3 is 10.3 Å². The van der Waals surface area contributed by atoms with E-state index in [-0.39, 0.29) is 17.7 Å². The van der Waals surface area contributed by atoms with Gasteiger partial charge in [0.05, 0.1) is 11.8 Å². The van der Waals surface area contributed by atoms with Crippen molar-refractivity contribution in [2.75, 3.05) is 5.73 Å². The first-order valence-electron chi connectivity index (χ1n) is 6.02. The molecule has 0 fully saturated rings. The number of benzene rings is 1. The van der Waals surface area contributed by atoms with Gasteiger partial charge in [-0.3, -0.25) is 0 Å². The molecule has 0 bridgehead atoms. The summed E-state index contributed by atoms with van der Waals surface area (Å²) in [6, 6.07) is 1.65. The summed E-state index contributed by atoms with van der Waals surface area (Å²) in [6.07, 6.45) is -3.90. The van der Waals surface area contributed by atoms with Crippen molar-refractivity contribution >= 4 is 23.3 Å². The largest absolute Gasteiger partial charge is 0.591 e. The first-order chi connectivity index (χ1) is 9.43. The minimum atomic E-state index is -4.82. The molecule has 2 N–H and O–H groups in total. The number of nitrogens with two attached hydrogens (primary N) is 1. The van der Waals surface area contributed by atoms with Crippen molar-refractivity contribution in [2.24, 2.45) is 4.40 Å². The molecule has 1 aromatic rings. The predicted octanol–water partition coefficient (Wildman–Crippen LogP) is 3.50. The molecule has 0 amide bonds. The highest BCUT2D eigenvalue weighted by Gasteiger charge is 2.35. The lowest BCUT2D eigenvalue weighted by atomic mass is 10.1. The summed E-state index contributed by atoms with van der Waals surface area (Å²) in [5, 5.41) is 0. The predicted molar refractivity (Wildman–Crippen MR) is 75.9 cm³/mol. The summed E-state index contributed by atoms with van der Waals surface area (Å²) in [5.74, 6) is -1.38. The SMILES string of the molecule is CC(C)(C)[S@@+]([O-])N=CCc1cc(N)cc(C(F)(F)F)c1F. The average Bonchev–Trinajstić information content (AvgIpc) is 2.30. The lowest BCUT2D eigenvalue weighted by molar-refractivity contribution is -0.140. The van der Waals surface area contributed by atoms with E-state index in [1.54, 1.807) is 20.8 Å². The van der Waals surface area contributed by atoms with Crippen molar-refractivity contribution in [3.8, 4) is 0 Å². The van der Waals surface area contributed by atoms with Gasteiger partial charge in [-0.25, -0.2) is 4.39 Å². The van der Waals surface area contributed by atoms with E-state index in [0.29, 0.717) is 6.07 Å². The van der Waals surface area contributed by atoms with Crippen LogP contribution in [-0.4, -0.2) is 15.5 Å². The van der Waals surface area contributed by atoms with Crippen LogP contribution in [-0.2, 0) is 24.0 Å². The lowest BCUT2D eigenvalue weighted by Gasteiger charge is -2.17. The van der Waals surface area contributed by atoms with Gasteiger partial charge in [0.25, 0.3) is 0 Å². The van der Waals surface area contributed by atoms with E-state index in [4.69, 9.17) is 5.73 Å². The van der Waals surface area contributed by atoms with Crippen molar-refractivity contribution in [3.63, 3.8) is 0 Å². The van der Waals surface area contributed by atoms with Crippen LogP contribution >= 0.6 is 0 Å². The molecule has 0 radical (unpaired) electrons. The van der Waals surface area contributed by atoms with Crippen LogP contribution in [0.1, 0.15) is 31.9 Å². The standard InChI is InChI=1S/C13H16F4N2OS/c1-12(2,3)21(20)19-5-4-8-6-9(18)7-10(11(8)14)13(15,16)17/h5-7H,4,18H2,1-3H3/t21-/m1/s1. The van der Waals surface area contributed by atoms with Crippen molar-refractivity contribution in [1.29, 1.82) is 0 Å². The second-order valence-electron chi connectivity index (χ2n) is 5.39. The van der Waals surface area contributed by atoms with Gasteiger partial charge in [0, 0.05) is 12.1 Å². The fourth-order valence-electron chi connectivity index (χ4n) is 1.43. The quantitative estimate of drug-likeness (QED) is 0.400. The minimum absolute atomic E-state index is 0.191. The maximum atomic E-state index is 13.8. The first kappa shape index (κ1) is 17.8. The zero-order chi connectivity index (χ0) is 16.4. The van der Waals surface area contributed by atoms with E-state index < -0.39 is 33.7 Å². The molecule has 1 atom stereocenters. The molecule has 0 saturated heterocycles. The second-order valence-corrected chi connectivity index (χ2v) is 7.33. The Morgan fingerprint density at radius 2 is 1.86 bits per heavy atom. The van der Waals surface area contributed by atoms with Crippen LogP contribution in [0.2, 0.25) is 0 Å². The highest BCUT2D eigenvalue weighted by Crippen LogP contribution is 2.34. The Morgan fingerprint density at radius 1 is 1.29 bits per heavy atom. The number of nitrogen functional groups attached to an aromatic ring is 1. The van der Waals surface area contributed by atoms with Gasteiger partial charge in [-0.1, -0.05) is 4.40 Å². The zero-order valence-electron chi connectivity index (χ0n) is 11.8. The fourth-order valence-corrected chi connectivity index (χ4v) is 1.95. The summed E-state index contributed by atoms with van der Waals surface area (Å²) in [5.41, 5.74) is 3.51. The number of alkyl halides is 3. The molecule has 0 aromatic heterocycles. The van der Waals surface area contributed by atoms with E-state index in [1.165, 1.54) is 0 Å². The summed E-state index contributed by atoms with van der Waals surface area (Å²) < 4.78 is 66.5. The van der Waals surface area contributed by atoms with Crippen molar-refractivity contribution in [1.82, 2.24) is 0 Å². The Bertz CT molecular complexity index is 538. The summed E-state index contributed by atoms with van der Waals surface area (Å²) in [6.45, 7) is 5.09. The van der Waals surface area contributed by atoms with Crippen LogP contribution < -0.4 is 5.73 Å². The molecule has 21 heavy (non-hydrogen) atoms. The smallest absolute Gasteiger partial charge is 0.419 e. The number of hydrogen-bond acceptors (Lipinski definition) is 3. The van der Waals surface area contributed by atoms with Crippen molar-refractivity contribution in [2.45, 2.75) is 38.1 Å². The van der Waals surface area contributed by atoms with Gasteiger partial charge in [-0.05, 0) is 38.5 Å². The molecule has 0 spiro atoms. The Balaban J connectivity index is 3.00. The molecule has 0 saturated carbocycles. The molecule has 0 unspecified atom stereocenters. The van der Waals surface area contributed by atoms with E-state index in [2.05, 4.69) is 4.40 Å². The molecule has 0 aliphatic carbocycles. The summed E-state index contributed by atoms with van der Waals surface area (Å²) in [4.78, 5) is 0. The fraction of sp³-hybridized carbons (Fsp3) is 0.462. The third-order valence-electron chi connectivity index (χ3n) is 2.48. The molecular weight excluding hydrogens is 308 g/mol. The van der Waals surface area contributed by atoms with Crippen LogP contribution in [0.4, 0.5) is 23.2 Å². The number of nitrogens with zero attached hydrogens (tertiary/aromatic N) is 1. The molecule has 0 heterocycles. The van der Waals surface area contributed by atoms with Gasteiger partial charge >= 0.3 is 6.18 Å². The van der Waals surface area contributed by atoms with E-state index in [0.717, 1.165) is 12.3 Å². The highest BCUT2D eigenvalue weighted by atomic mass is 32.2. The number of hydrogen-bond donors (Lipinski definition) is 1. The number of halogens is 4. The second kappa shape index (κ2) is 6.23. The van der Waals surface area contributed by atoms with Crippen LogP contribution in [0, 0.1) is 5.82 Å². The molecular formula is C13H16F4N2OS. The van der Waals surface area contributed by atoms with Crippen LogP contribution in [0.5, 0.6) is 0 Å². The zero-order valence-corrected chi connectivity index (χ0v) is 12.6. The van der Waals surface area contributed by atoms with Crippen LogP contribution in [0.15, 0.2) is 16.5 Å². The molecule has 1 rings (SSSR count). The van der Waals surface area contributed by atoms with E-state index >= 15 is 0 Å². The molecule has 0 aliphatic rings. The Morgan fingerprint density at radius 3 is 2.33 bits per heavy atom. The monoisotopic (exact) mass is 324 g/mol. The summed E-state index contributed by atoms with van der Waals surface area (Å²) in [7, 11) is 0. The van der Waals surface area contributed by atoms with Gasteiger partial charge in [-0.15, -0.1) is 0 Å². The van der Waals surface area contributed by atoms with E-state index in [1.807, 2.05) is 0 Å². The van der Waals surface area contributed by atoms with Gasteiger partial charge in [0.1, 0.15) is 21.9 Å². The Labute approximate surface area is 123 Å². The van der Waals surface area contributed by atoms with Crippen molar-refractivity contribution < 1.29 is 22.1 Å². The Hall–Kier alpha value is -1.28. The number of rotatable bonds is 3. The topological polar surface area (TPSA) is 61.4 Å². The average molecular weight is 324 g/mol. The van der Waals surface area contributed by atoms with Gasteiger partial charge in [0.2, 0.25) is 0 Å². The Kier molecular flexibility index (Phi) is 5.27. The first-order valence-corrected chi connectivity index (χ1v) is 7.13. The van der Waals surface area contributed by atoms with Gasteiger partial charge in [-0.2, -0.15) is 13.2 Å². The molecule has 0 aliphatic heterocycles. The third-order valence-corrected chi connectivity index (χ3v) is 3.87. The van der Waals surface area contributed by atoms with Crippen molar-refractivity contribution in [3.05, 3.63) is 29.1 Å². The van der Waals surface area contributed by atoms with Gasteiger partial charge in [0.15, 0.2) is 0 Å². The third kappa shape index (κ3) is 4.89.